The number of hydrogen-bond acceptors (Lipinski definition) is 4. The van der Waals surface area contributed by atoms with Gasteiger partial charge in [0.2, 0.25) is 5.78 Å². The summed E-state index contributed by atoms with van der Waals surface area (Å²) in [6.45, 7) is 1.78. The van der Waals surface area contributed by atoms with E-state index in [-0.39, 0.29) is 11.5 Å². The van der Waals surface area contributed by atoms with Crippen LogP contribution in [-0.4, -0.2) is 17.5 Å². The molecule has 0 atom stereocenters. The molecule has 25 heavy (non-hydrogen) atoms. The number of anilines is 1. The van der Waals surface area contributed by atoms with E-state index >= 15 is 0 Å². The first-order valence-electron chi connectivity index (χ1n) is 7.73. The molecule has 0 radical (unpaired) electrons. The number of carbonyl (C=O) groups is 1. The SMILES string of the molecule is COc1ccc(C(=O)c2c(N)c(C#N)c(C)n2-c2ccccc2)cc1. The van der Waals surface area contributed by atoms with E-state index in [2.05, 4.69) is 6.07 Å². The van der Waals surface area contributed by atoms with Gasteiger partial charge in [-0.15, -0.1) is 0 Å². The molecule has 0 amide bonds. The molecule has 0 fully saturated rings. The zero-order valence-electron chi connectivity index (χ0n) is 14.0. The fourth-order valence-corrected chi connectivity index (χ4v) is 2.86. The molecule has 3 rings (SSSR count). The Morgan fingerprint density at radius 3 is 2.32 bits per heavy atom. The van der Waals surface area contributed by atoms with Gasteiger partial charge < -0.3 is 15.0 Å². The Balaban J connectivity index is 2.21. The second kappa shape index (κ2) is 6.54. The van der Waals surface area contributed by atoms with Crippen molar-refractivity contribution in [3.63, 3.8) is 0 Å². The van der Waals surface area contributed by atoms with Crippen LogP contribution in [0.5, 0.6) is 5.75 Å². The van der Waals surface area contributed by atoms with Crippen LogP contribution in [0.3, 0.4) is 0 Å². The van der Waals surface area contributed by atoms with Gasteiger partial charge in [0, 0.05) is 16.9 Å². The summed E-state index contributed by atoms with van der Waals surface area (Å²) in [5, 5.41) is 9.43. The summed E-state index contributed by atoms with van der Waals surface area (Å²) in [4.78, 5) is 13.1. The van der Waals surface area contributed by atoms with Crippen LogP contribution in [0.15, 0.2) is 54.6 Å². The van der Waals surface area contributed by atoms with Gasteiger partial charge >= 0.3 is 0 Å². The van der Waals surface area contributed by atoms with Crippen LogP contribution in [0.2, 0.25) is 0 Å². The first-order valence-corrected chi connectivity index (χ1v) is 7.73. The molecule has 5 heteroatoms. The molecule has 1 aromatic heterocycles. The summed E-state index contributed by atoms with van der Waals surface area (Å²) in [5.74, 6) is 0.422. The average molecular weight is 331 g/mol. The van der Waals surface area contributed by atoms with Crippen LogP contribution >= 0.6 is 0 Å². The summed E-state index contributed by atoms with van der Waals surface area (Å²) in [5.41, 5.74) is 8.88. The third kappa shape index (κ3) is 2.74. The molecule has 0 saturated carbocycles. The second-order valence-corrected chi connectivity index (χ2v) is 5.56. The number of aromatic nitrogens is 1. The molecule has 0 aliphatic heterocycles. The zero-order valence-corrected chi connectivity index (χ0v) is 14.0. The molecule has 2 N–H and O–H groups in total. The number of nitrogens with two attached hydrogens (primary N) is 1. The van der Waals surface area contributed by atoms with E-state index in [1.54, 1.807) is 42.9 Å². The van der Waals surface area contributed by atoms with Crippen molar-refractivity contribution in [1.82, 2.24) is 4.57 Å². The Labute approximate surface area is 145 Å². The number of rotatable bonds is 4. The van der Waals surface area contributed by atoms with Gasteiger partial charge in [-0.25, -0.2) is 0 Å². The quantitative estimate of drug-likeness (QED) is 0.742. The Hall–Kier alpha value is -3.52. The van der Waals surface area contributed by atoms with Crippen LogP contribution in [0, 0.1) is 18.3 Å². The highest BCUT2D eigenvalue weighted by Crippen LogP contribution is 2.30. The summed E-state index contributed by atoms with van der Waals surface area (Å²) >= 11 is 0. The predicted molar refractivity (Wildman–Crippen MR) is 96.1 cm³/mol. The number of para-hydroxylation sites is 1. The molecule has 2 aromatic carbocycles. The minimum absolute atomic E-state index is 0.199. The molecule has 3 aromatic rings. The molecule has 1 heterocycles. The van der Waals surface area contributed by atoms with Gasteiger partial charge in [-0.3, -0.25) is 4.79 Å². The van der Waals surface area contributed by atoms with Crippen molar-refractivity contribution in [2.45, 2.75) is 6.92 Å². The van der Waals surface area contributed by atoms with Gasteiger partial charge in [-0.1, -0.05) is 18.2 Å². The lowest BCUT2D eigenvalue weighted by Gasteiger charge is -2.11. The average Bonchev–Trinajstić information content (AvgIpc) is 2.91. The number of methoxy groups -OCH3 is 1. The molecular formula is C20H17N3O2. The van der Waals surface area contributed by atoms with Crippen LogP contribution in [0.1, 0.15) is 27.3 Å². The number of nitrogen functional groups attached to an aromatic ring is 1. The third-order valence-corrected chi connectivity index (χ3v) is 4.14. The summed E-state index contributed by atoms with van der Waals surface area (Å²) in [6.07, 6.45) is 0. The lowest BCUT2D eigenvalue weighted by molar-refractivity contribution is 0.103. The smallest absolute Gasteiger partial charge is 0.211 e. The zero-order chi connectivity index (χ0) is 18.0. The highest BCUT2D eigenvalue weighted by molar-refractivity contribution is 6.12. The predicted octanol–water partition coefficient (Wildman–Crippen LogP) is 3.48. The van der Waals surface area contributed by atoms with Crippen LogP contribution in [0.4, 0.5) is 5.69 Å². The first kappa shape index (κ1) is 16.3. The Morgan fingerprint density at radius 2 is 1.76 bits per heavy atom. The van der Waals surface area contributed by atoms with E-state index in [0.29, 0.717) is 28.3 Å². The first-order chi connectivity index (χ1) is 12.1. The fourth-order valence-electron chi connectivity index (χ4n) is 2.86. The number of benzene rings is 2. The third-order valence-electron chi connectivity index (χ3n) is 4.14. The molecule has 124 valence electrons. The van der Waals surface area contributed by atoms with E-state index in [1.165, 1.54) is 0 Å². The Kier molecular flexibility index (Phi) is 4.27. The molecule has 0 saturated heterocycles. The molecular weight excluding hydrogens is 314 g/mol. The van der Waals surface area contributed by atoms with Crippen molar-refractivity contribution in [3.05, 3.63) is 77.1 Å². The standard InChI is InChI=1S/C20H17N3O2/c1-13-17(12-21)18(22)19(23(13)15-6-4-3-5-7-15)20(24)14-8-10-16(25-2)11-9-14/h3-11H,22H2,1-2H3. The monoisotopic (exact) mass is 331 g/mol. The van der Waals surface area contributed by atoms with Crippen molar-refractivity contribution in [2.75, 3.05) is 12.8 Å². The van der Waals surface area contributed by atoms with Gasteiger partial charge in [-0.2, -0.15) is 5.26 Å². The van der Waals surface area contributed by atoms with Gasteiger partial charge in [-0.05, 0) is 43.3 Å². The topological polar surface area (TPSA) is 81.0 Å². The number of carbonyl (C=O) groups excluding carboxylic acids is 1. The molecule has 0 unspecified atom stereocenters. The normalized spacial score (nSPS) is 10.3. The van der Waals surface area contributed by atoms with Crippen molar-refractivity contribution in [3.8, 4) is 17.5 Å². The van der Waals surface area contributed by atoms with E-state index in [1.807, 2.05) is 30.3 Å². The summed E-state index contributed by atoms with van der Waals surface area (Å²) in [7, 11) is 1.57. The van der Waals surface area contributed by atoms with E-state index in [0.717, 1.165) is 5.69 Å². The van der Waals surface area contributed by atoms with Gasteiger partial charge in [0.05, 0.1) is 18.4 Å². The maximum Gasteiger partial charge on any atom is 0.211 e. The minimum atomic E-state index is -0.242. The number of ether oxygens (including phenoxy) is 1. The van der Waals surface area contributed by atoms with Gasteiger partial charge in [0.1, 0.15) is 17.5 Å². The fraction of sp³-hybridized carbons (Fsp3) is 0.100. The summed E-state index contributed by atoms with van der Waals surface area (Å²) in [6, 6.07) is 18.3. The molecule has 0 bridgehead atoms. The molecule has 0 aliphatic rings. The number of nitriles is 1. The van der Waals surface area contributed by atoms with Crippen molar-refractivity contribution in [2.24, 2.45) is 0 Å². The maximum absolute atomic E-state index is 13.1. The molecule has 0 spiro atoms. The van der Waals surface area contributed by atoms with Crippen molar-refractivity contribution < 1.29 is 9.53 Å². The van der Waals surface area contributed by atoms with Gasteiger partial charge in [0.15, 0.2) is 0 Å². The molecule has 5 nitrogen and oxygen atoms in total. The Morgan fingerprint density at radius 1 is 1.12 bits per heavy atom. The number of ketones is 1. The van der Waals surface area contributed by atoms with Crippen LogP contribution in [0.25, 0.3) is 5.69 Å². The highest BCUT2D eigenvalue weighted by Gasteiger charge is 2.25. The summed E-state index contributed by atoms with van der Waals surface area (Å²) < 4.78 is 6.86. The largest absolute Gasteiger partial charge is 0.497 e. The van der Waals surface area contributed by atoms with E-state index in [9.17, 15) is 10.1 Å². The van der Waals surface area contributed by atoms with Crippen LogP contribution in [-0.2, 0) is 0 Å². The van der Waals surface area contributed by atoms with E-state index < -0.39 is 0 Å². The van der Waals surface area contributed by atoms with Gasteiger partial charge in [0.25, 0.3) is 0 Å². The number of hydrogen-bond donors (Lipinski definition) is 1. The minimum Gasteiger partial charge on any atom is -0.497 e. The Bertz CT molecular complexity index is 965. The number of nitrogens with zero attached hydrogens (tertiary/aromatic N) is 2. The van der Waals surface area contributed by atoms with Crippen molar-refractivity contribution in [1.29, 1.82) is 5.26 Å². The second-order valence-electron chi connectivity index (χ2n) is 5.56. The van der Waals surface area contributed by atoms with Crippen LogP contribution < -0.4 is 10.5 Å². The lowest BCUT2D eigenvalue weighted by atomic mass is 10.1. The lowest BCUT2D eigenvalue weighted by Crippen LogP contribution is -2.12. The maximum atomic E-state index is 13.1. The molecule has 0 aliphatic carbocycles. The van der Waals surface area contributed by atoms with E-state index in [4.69, 9.17) is 10.5 Å². The highest BCUT2D eigenvalue weighted by atomic mass is 16.5. The van der Waals surface area contributed by atoms with Crippen molar-refractivity contribution >= 4 is 11.5 Å².